The first-order chi connectivity index (χ1) is 10.5. The molecule has 0 heterocycles. The van der Waals surface area contributed by atoms with Crippen molar-refractivity contribution in [3.05, 3.63) is 60.2 Å². The molecule has 5 nitrogen and oxygen atoms in total. The van der Waals surface area contributed by atoms with Crippen LogP contribution in [0.4, 0.5) is 13.2 Å². The van der Waals surface area contributed by atoms with Crippen molar-refractivity contribution in [2.24, 2.45) is 0 Å². The Kier molecular flexibility index (Phi) is 4.51. The second kappa shape index (κ2) is 5.95. The highest BCUT2D eigenvalue weighted by molar-refractivity contribution is 8.04. The molecular formula is C13H10F3NO4S2. The summed E-state index contributed by atoms with van der Waals surface area (Å²) in [7, 11) is -8.90. The molecule has 10 heteroatoms. The van der Waals surface area contributed by atoms with Crippen LogP contribution >= 0.6 is 0 Å². The number of rotatable bonds is 4. The molecule has 2 aromatic rings. The van der Waals surface area contributed by atoms with E-state index in [0.29, 0.717) is 24.3 Å². The number of benzene rings is 2. The van der Waals surface area contributed by atoms with E-state index < -0.39 is 36.7 Å². The first-order valence-electron chi connectivity index (χ1n) is 6.03. The highest BCUT2D eigenvalue weighted by Crippen LogP contribution is 2.29. The van der Waals surface area contributed by atoms with Crippen molar-refractivity contribution in [2.45, 2.75) is 16.0 Å². The maximum absolute atomic E-state index is 12.4. The van der Waals surface area contributed by atoms with Gasteiger partial charge in [0.05, 0.1) is 15.4 Å². The molecule has 0 saturated heterocycles. The first-order valence-corrected chi connectivity index (χ1v) is 9.00. The van der Waals surface area contributed by atoms with Gasteiger partial charge in [0.2, 0.25) is 0 Å². The van der Waals surface area contributed by atoms with Crippen LogP contribution in [0.15, 0.2) is 64.4 Å². The van der Waals surface area contributed by atoms with Crippen molar-refractivity contribution in [1.82, 2.24) is 4.13 Å². The fraction of sp³-hybridized carbons (Fsp3) is 0.0769. The molecule has 1 N–H and O–H groups in total. The maximum Gasteiger partial charge on any atom is 0.416 e. The summed E-state index contributed by atoms with van der Waals surface area (Å²) in [5.41, 5.74) is -1.04. The van der Waals surface area contributed by atoms with Crippen LogP contribution in [0.5, 0.6) is 0 Å². The summed E-state index contributed by atoms with van der Waals surface area (Å²) in [6.45, 7) is 0. The summed E-state index contributed by atoms with van der Waals surface area (Å²) >= 11 is 0. The van der Waals surface area contributed by atoms with Gasteiger partial charge in [0, 0.05) is 0 Å². The minimum Gasteiger partial charge on any atom is -0.206 e. The molecule has 0 amide bonds. The molecule has 0 radical (unpaired) electrons. The Morgan fingerprint density at radius 3 is 1.57 bits per heavy atom. The zero-order valence-electron chi connectivity index (χ0n) is 11.3. The highest BCUT2D eigenvalue weighted by Gasteiger charge is 2.31. The van der Waals surface area contributed by atoms with Gasteiger partial charge in [-0.3, -0.25) is 0 Å². The van der Waals surface area contributed by atoms with Gasteiger partial charge in [-0.05, 0) is 36.4 Å². The molecule has 2 aromatic carbocycles. The predicted molar refractivity (Wildman–Crippen MR) is 75.4 cm³/mol. The van der Waals surface area contributed by atoms with Gasteiger partial charge in [-0.15, -0.1) is 4.13 Å². The van der Waals surface area contributed by atoms with Crippen LogP contribution in [0.3, 0.4) is 0 Å². The van der Waals surface area contributed by atoms with Gasteiger partial charge >= 0.3 is 6.18 Å². The summed E-state index contributed by atoms with van der Waals surface area (Å²) in [4.78, 5) is -0.875. The van der Waals surface area contributed by atoms with Crippen LogP contribution < -0.4 is 4.13 Å². The SMILES string of the molecule is O=S(=O)(NS(=O)(=O)c1ccc(C(F)(F)F)cc1)c1ccccc1. The summed E-state index contributed by atoms with van der Waals surface area (Å²) in [6, 6.07) is 9.21. The zero-order chi connectivity index (χ0) is 17.3. The van der Waals surface area contributed by atoms with E-state index in [1.165, 1.54) is 28.4 Å². The van der Waals surface area contributed by atoms with E-state index >= 15 is 0 Å². The Bertz CT molecular complexity index is 890. The molecule has 0 fully saturated rings. The molecule has 0 aliphatic carbocycles. The number of alkyl halides is 3. The average molecular weight is 365 g/mol. The molecule has 0 spiro atoms. The molecule has 124 valence electrons. The summed E-state index contributed by atoms with van der Waals surface area (Å²) in [6.07, 6.45) is -4.62. The predicted octanol–water partition coefficient (Wildman–Crippen LogP) is 2.37. The third-order valence-electron chi connectivity index (χ3n) is 2.76. The minimum atomic E-state index is -4.62. The molecule has 0 atom stereocenters. The summed E-state index contributed by atoms with van der Waals surface area (Å²) in [5, 5.41) is 0. The molecule has 0 bridgehead atoms. The highest BCUT2D eigenvalue weighted by atomic mass is 32.3. The third-order valence-corrected chi connectivity index (χ3v) is 6.31. The Labute approximate surface area is 130 Å². The quantitative estimate of drug-likeness (QED) is 0.902. The Morgan fingerprint density at radius 2 is 1.13 bits per heavy atom. The lowest BCUT2D eigenvalue weighted by Crippen LogP contribution is -2.30. The maximum atomic E-state index is 12.4. The molecule has 0 aliphatic rings. The molecule has 0 aliphatic heterocycles. The van der Waals surface area contributed by atoms with Crippen LogP contribution in [0.1, 0.15) is 5.56 Å². The lowest BCUT2D eigenvalue weighted by atomic mass is 10.2. The van der Waals surface area contributed by atoms with Crippen LogP contribution in [-0.4, -0.2) is 16.8 Å². The summed E-state index contributed by atoms with van der Waals surface area (Å²) in [5.74, 6) is 0. The molecule has 0 aromatic heterocycles. The second-order valence-corrected chi connectivity index (χ2v) is 8.05. The van der Waals surface area contributed by atoms with Crippen molar-refractivity contribution in [2.75, 3.05) is 0 Å². The fourth-order valence-corrected chi connectivity index (χ4v) is 4.60. The van der Waals surface area contributed by atoms with Crippen LogP contribution in [0.2, 0.25) is 0 Å². The fourth-order valence-electron chi connectivity index (χ4n) is 1.66. The van der Waals surface area contributed by atoms with E-state index in [1.54, 1.807) is 6.07 Å². The van der Waals surface area contributed by atoms with E-state index in [9.17, 15) is 30.0 Å². The van der Waals surface area contributed by atoms with Crippen LogP contribution in [0, 0.1) is 0 Å². The molecule has 0 saturated carbocycles. The van der Waals surface area contributed by atoms with Gasteiger partial charge in [-0.1, -0.05) is 18.2 Å². The van der Waals surface area contributed by atoms with Gasteiger partial charge in [-0.2, -0.15) is 13.2 Å². The van der Waals surface area contributed by atoms with Gasteiger partial charge < -0.3 is 0 Å². The van der Waals surface area contributed by atoms with Crippen molar-refractivity contribution in [3.8, 4) is 0 Å². The Hall–Kier alpha value is -1.91. The largest absolute Gasteiger partial charge is 0.416 e. The molecular weight excluding hydrogens is 355 g/mol. The van der Waals surface area contributed by atoms with Crippen molar-refractivity contribution in [3.63, 3.8) is 0 Å². The van der Waals surface area contributed by atoms with Crippen molar-refractivity contribution in [1.29, 1.82) is 0 Å². The van der Waals surface area contributed by atoms with Gasteiger partial charge in [0.1, 0.15) is 0 Å². The van der Waals surface area contributed by atoms with Crippen LogP contribution in [-0.2, 0) is 26.2 Å². The second-order valence-electron chi connectivity index (χ2n) is 4.43. The van der Waals surface area contributed by atoms with Crippen molar-refractivity contribution >= 4 is 20.0 Å². The lowest BCUT2D eigenvalue weighted by Gasteiger charge is -2.10. The van der Waals surface area contributed by atoms with E-state index in [1.807, 2.05) is 0 Å². The van der Waals surface area contributed by atoms with Crippen LogP contribution in [0.25, 0.3) is 0 Å². The molecule has 0 unspecified atom stereocenters. The van der Waals surface area contributed by atoms with E-state index in [4.69, 9.17) is 0 Å². The smallest absolute Gasteiger partial charge is 0.206 e. The van der Waals surface area contributed by atoms with E-state index in [-0.39, 0.29) is 4.90 Å². The number of nitrogens with one attached hydrogen (secondary N) is 1. The van der Waals surface area contributed by atoms with Gasteiger partial charge in [0.15, 0.2) is 0 Å². The van der Waals surface area contributed by atoms with E-state index in [2.05, 4.69) is 0 Å². The topological polar surface area (TPSA) is 80.3 Å². The number of hydrogen-bond acceptors (Lipinski definition) is 4. The Balaban J connectivity index is 2.33. The van der Waals surface area contributed by atoms with Gasteiger partial charge in [0.25, 0.3) is 20.0 Å². The molecule has 2 rings (SSSR count). The number of sulfonamides is 2. The third kappa shape index (κ3) is 4.09. The normalized spacial score (nSPS) is 13.0. The Morgan fingerprint density at radius 1 is 0.696 bits per heavy atom. The lowest BCUT2D eigenvalue weighted by molar-refractivity contribution is -0.137. The molecule has 23 heavy (non-hydrogen) atoms. The summed E-state index contributed by atoms with van der Waals surface area (Å²) < 4.78 is 86.8. The van der Waals surface area contributed by atoms with Gasteiger partial charge in [-0.25, -0.2) is 16.8 Å². The number of halogens is 3. The van der Waals surface area contributed by atoms with E-state index in [0.717, 1.165) is 0 Å². The standard InChI is InChI=1S/C13H10F3NO4S2/c14-13(15,16)10-6-8-12(9-7-10)23(20,21)17-22(18,19)11-4-2-1-3-5-11/h1-9,17H. The number of hydrogen-bond donors (Lipinski definition) is 1. The minimum absolute atomic E-state index is 0.282. The average Bonchev–Trinajstić information content (AvgIpc) is 2.46. The first kappa shape index (κ1) is 17.4. The monoisotopic (exact) mass is 365 g/mol. The van der Waals surface area contributed by atoms with Crippen molar-refractivity contribution < 1.29 is 30.0 Å². The zero-order valence-corrected chi connectivity index (χ0v) is 12.9.